The third kappa shape index (κ3) is 7.50. The van der Waals surface area contributed by atoms with Gasteiger partial charge in [0.25, 0.3) is 10.0 Å². The quantitative estimate of drug-likeness (QED) is 0.149. The molecule has 37 heavy (non-hydrogen) atoms. The van der Waals surface area contributed by atoms with Crippen molar-refractivity contribution >= 4 is 27.9 Å². The molecular weight excluding hydrogens is 512 g/mol. The summed E-state index contributed by atoms with van der Waals surface area (Å²) in [5.41, 5.74) is 2.75. The Kier molecular flexibility index (Phi) is 10.00. The molecule has 0 atom stereocenters. The lowest BCUT2D eigenvalue weighted by Gasteiger charge is -2.13. The van der Waals surface area contributed by atoms with Crippen molar-refractivity contribution < 1.29 is 22.7 Å². The molecule has 0 bridgehead atoms. The van der Waals surface area contributed by atoms with Crippen molar-refractivity contribution in [3.05, 3.63) is 71.0 Å². The van der Waals surface area contributed by atoms with E-state index in [1.54, 1.807) is 19.1 Å². The first-order valence-electron chi connectivity index (χ1n) is 11.9. The monoisotopic (exact) mass is 542 g/mol. The first-order chi connectivity index (χ1) is 17.8. The fourth-order valence-electron chi connectivity index (χ4n) is 3.80. The number of thioether (sulfide) groups is 1. The average molecular weight is 543 g/mol. The van der Waals surface area contributed by atoms with E-state index in [0.717, 1.165) is 41.8 Å². The Morgan fingerprint density at radius 2 is 1.84 bits per heavy atom. The molecular formula is C26H30N4O5S2. The molecule has 0 aliphatic heterocycles. The Labute approximate surface area is 221 Å². The van der Waals surface area contributed by atoms with Gasteiger partial charge >= 0.3 is 6.16 Å². The predicted molar refractivity (Wildman–Crippen MR) is 141 cm³/mol. The summed E-state index contributed by atoms with van der Waals surface area (Å²) in [6.07, 6.45) is 5.78. The topological polar surface area (TPSA) is 123 Å². The standard InChI is InChI=1S/C26H30N4O5S2/c1-4-6-13-23-29-24(36-3)25(35-26(31)34-5-2)30(23)17-21-11-7-9-19(15-21)14-20-10-8-12-22(16-20)37(32,33)28-18-27/h7-12,15-16,28H,4-6,13-14,17H2,1-3H3. The number of hydrogen-bond donors (Lipinski definition) is 1. The van der Waals surface area contributed by atoms with Crippen LogP contribution < -0.4 is 9.46 Å². The van der Waals surface area contributed by atoms with Gasteiger partial charge in [0.05, 0.1) is 18.0 Å². The minimum Gasteiger partial charge on any atom is -0.434 e. The number of aryl methyl sites for hydroxylation is 1. The molecule has 1 N–H and O–H groups in total. The molecule has 0 amide bonds. The second-order valence-corrected chi connectivity index (χ2v) is 10.7. The first-order valence-corrected chi connectivity index (χ1v) is 14.6. The number of nitrogens with one attached hydrogen (secondary N) is 1. The van der Waals surface area contributed by atoms with E-state index < -0.39 is 16.2 Å². The number of ether oxygens (including phenoxy) is 2. The molecule has 0 aliphatic carbocycles. The van der Waals surface area contributed by atoms with Gasteiger partial charge in [-0.1, -0.05) is 49.7 Å². The maximum absolute atomic E-state index is 12.2. The smallest absolute Gasteiger partial charge is 0.434 e. The Morgan fingerprint density at radius 1 is 1.14 bits per heavy atom. The number of sulfonamides is 1. The molecule has 0 unspecified atom stereocenters. The fraction of sp³-hybridized carbons (Fsp3) is 0.346. The highest BCUT2D eigenvalue weighted by Crippen LogP contribution is 2.31. The number of imidazole rings is 1. The highest BCUT2D eigenvalue weighted by molar-refractivity contribution is 7.98. The molecule has 0 fully saturated rings. The van der Waals surface area contributed by atoms with Gasteiger partial charge in [-0.15, -0.1) is 11.8 Å². The Hall–Kier alpha value is -3.49. The summed E-state index contributed by atoms with van der Waals surface area (Å²) in [5, 5.41) is 9.34. The van der Waals surface area contributed by atoms with E-state index >= 15 is 0 Å². The zero-order valence-electron chi connectivity index (χ0n) is 21.1. The lowest BCUT2D eigenvalue weighted by atomic mass is 10.0. The number of carbonyl (C=O) groups is 1. The predicted octanol–water partition coefficient (Wildman–Crippen LogP) is 4.88. The second kappa shape index (κ2) is 13.2. The van der Waals surface area contributed by atoms with Gasteiger partial charge in [-0.3, -0.25) is 4.57 Å². The minimum absolute atomic E-state index is 0.0343. The van der Waals surface area contributed by atoms with Crippen LogP contribution in [0.4, 0.5) is 4.79 Å². The molecule has 11 heteroatoms. The van der Waals surface area contributed by atoms with Crippen LogP contribution in [0, 0.1) is 11.5 Å². The van der Waals surface area contributed by atoms with Crippen molar-refractivity contribution in [3.8, 4) is 12.1 Å². The molecule has 0 spiro atoms. The third-order valence-electron chi connectivity index (χ3n) is 5.49. The number of aromatic nitrogens is 2. The van der Waals surface area contributed by atoms with Crippen LogP contribution in [-0.2, 0) is 34.1 Å². The fourth-order valence-corrected chi connectivity index (χ4v) is 5.13. The summed E-state index contributed by atoms with van der Waals surface area (Å²) in [7, 11) is -3.88. The maximum Gasteiger partial charge on any atom is 0.515 e. The summed E-state index contributed by atoms with van der Waals surface area (Å²) in [4.78, 5) is 16.9. The molecule has 1 aromatic heterocycles. The number of benzene rings is 2. The lowest BCUT2D eigenvalue weighted by Crippen LogP contribution is -2.18. The van der Waals surface area contributed by atoms with Gasteiger partial charge in [0.1, 0.15) is 5.82 Å². The zero-order valence-corrected chi connectivity index (χ0v) is 22.7. The van der Waals surface area contributed by atoms with Crippen LogP contribution in [0.5, 0.6) is 5.88 Å². The molecule has 1 heterocycles. The highest BCUT2D eigenvalue weighted by Gasteiger charge is 2.22. The molecule has 3 aromatic rings. The van der Waals surface area contributed by atoms with E-state index in [1.165, 1.54) is 24.0 Å². The number of carbonyl (C=O) groups excluding carboxylic acids is 1. The largest absolute Gasteiger partial charge is 0.515 e. The maximum atomic E-state index is 12.2. The van der Waals surface area contributed by atoms with E-state index in [9.17, 15) is 13.2 Å². The number of unbranched alkanes of at least 4 members (excludes halogenated alkanes) is 1. The van der Waals surface area contributed by atoms with E-state index in [2.05, 4.69) is 6.92 Å². The van der Waals surface area contributed by atoms with Crippen molar-refractivity contribution in [2.24, 2.45) is 0 Å². The van der Waals surface area contributed by atoms with Crippen LogP contribution in [0.3, 0.4) is 0 Å². The summed E-state index contributed by atoms with van der Waals surface area (Å²) in [6, 6.07) is 14.4. The van der Waals surface area contributed by atoms with Crippen LogP contribution in [0.15, 0.2) is 58.5 Å². The molecule has 196 valence electrons. The Morgan fingerprint density at radius 3 is 2.51 bits per heavy atom. The Bertz CT molecular complexity index is 1380. The highest BCUT2D eigenvalue weighted by atomic mass is 32.2. The van der Waals surface area contributed by atoms with Crippen molar-refractivity contribution in [2.75, 3.05) is 12.9 Å². The molecule has 0 radical (unpaired) electrons. The number of nitrogens with zero attached hydrogens (tertiary/aromatic N) is 3. The zero-order chi connectivity index (χ0) is 26.8. The third-order valence-corrected chi connectivity index (χ3v) is 7.38. The summed E-state index contributed by atoms with van der Waals surface area (Å²) >= 11 is 1.41. The van der Waals surface area contributed by atoms with Crippen LogP contribution >= 0.6 is 11.8 Å². The number of nitriles is 1. The normalized spacial score (nSPS) is 11.1. The van der Waals surface area contributed by atoms with Crippen LogP contribution in [0.2, 0.25) is 0 Å². The molecule has 3 rings (SSSR count). The van der Waals surface area contributed by atoms with Crippen LogP contribution in [0.1, 0.15) is 49.2 Å². The molecule has 2 aromatic carbocycles. The van der Waals surface area contributed by atoms with Gasteiger partial charge in [-0.25, -0.2) is 22.9 Å². The van der Waals surface area contributed by atoms with E-state index in [1.807, 2.05) is 45.9 Å². The summed E-state index contributed by atoms with van der Waals surface area (Å²) in [5.74, 6) is 1.20. The average Bonchev–Trinajstić information content (AvgIpc) is 3.19. The first kappa shape index (κ1) is 28.1. The van der Waals surface area contributed by atoms with Crippen molar-refractivity contribution in [3.63, 3.8) is 0 Å². The van der Waals surface area contributed by atoms with Gasteiger partial charge in [0, 0.05) is 6.42 Å². The van der Waals surface area contributed by atoms with Gasteiger partial charge in [0.2, 0.25) is 5.88 Å². The minimum atomic E-state index is -3.88. The van der Waals surface area contributed by atoms with E-state index in [-0.39, 0.29) is 11.5 Å². The van der Waals surface area contributed by atoms with Crippen LogP contribution in [-0.4, -0.2) is 37.0 Å². The van der Waals surface area contributed by atoms with Gasteiger partial charge in [0.15, 0.2) is 11.2 Å². The van der Waals surface area contributed by atoms with Crippen LogP contribution in [0.25, 0.3) is 0 Å². The summed E-state index contributed by atoms with van der Waals surface area (Å²) in [6.45, 7) is 4.48. The molecule has 0 saturated carbocycles. The molecule has 0 aliphatic rings. The van der Waals surface area contributed by atoms with Crippen molar-refractivity contribution in [2.45, 2.75) is 56.0 Å². The number of hydrogen-bond acceptors (Lipinski definition) is 8. The molecule has 9 nitrogen and oxygen atoms in total. The lowest BCUT2D eigenvalue weighted by molar-refractivity contribution is 0.0998. The van der Waals surface area contributed by atoms with E-state index in [0.29, 0.717) is 23.9 Å². The van der Waals surface area contributed by atoms with Gasteiger partial charge < -0.3 is 9.47 Å². The SMILES string of the molecule is CCCCc1nc(SC)c(OC(=O)OCC)n1Cc1cccc(Cc2cccc(S(=O)(=O)NC#N)c2)c1. The second-order valence-electron chi connectivity index (χ2n) is 8.18. The molecule has 0 saturated heterocycles. The Balaban J connectivity index is 1.90. The van der Waals surface area contributed by atoms with E-state index in [4.69, 9.17) is 19.7 Å². The van der Waals surface area contributed by atoms with Gasteiger partial charge in [-0.05, 0) is 54.8 Å². The van der Waals surface area contributed by atoms with Crippen molar-refractivity contribution in [1.82, 2.24) is 14.3 Å². The van der Waals surface area contributed by atoms with Crippen molar-refractivity contribution in [1.29, 1.82) is 5.26 Å². The summed E-state index contributed by atoms with van der Waals surface area (Å²) < 4.78 is 38.7. The number of rotatable bonds is 12. The van der Waals surface area contributed by atoms with Gasteiger partial charge in [-0.2, -0.15) is 5.26 Å².